The van der Waals surface area contributed by atoms with E-state index in [1.54, 1.807) is 31.2 Å². The Hall–Kier alpha value is -2.36. The number of sulfonamides is 1. The van der Waals surface area contributed by atoms with E-state index in [9.17, 15) is 18.5 Å². The highest BCUT2D eigenvalue weighted by Gasteiger charge is 2.25. The molecule has 0 saturated carbocycles. The Balaban J connectivity index is 1.81. The van der Waals surface area contributed by atoms with Gasteiger partial charge in [0.05, 0.1) is 21.3 Å². The van der Waals surface area contributed by atoms with Crippen molar-refractivity contribution in [2.24, 2.45) is 5.14 Å². The maximum Gasteiger partial charge on any atom is 0.273 e. The number of nitrogens with two attached hydrogens (primary N) is 1. The average Bonchev–Trinajstić information content (AvgIpc) is 2.62. The highest BCUT2D eigenvalue weighted by Crippen LogP contribution is 2.34. The van der Waals surface area contributed by atoms with E-state index in [0.29, 0.717) is 42.5 Å². The van der Waals surface area contributed by atoms with E-state index in [0.717, 1.165) is 5.69 Å². The molecule has 2 aromatic carbocycles. The van der Waals surface area contributed by atoms with Crippen LogP contribution in [0, 0.1) is 17.0 Å². The molecule has 3 rings (SSSR count). The number of nitro benzene ring substituents is 1. The fourth-order valence-corrected chi connectivity index (χ4v) is 4.28. The molecule has 0 unspecified atom stereocenters. The number of primary sulfonamides is 1. The second kappa shape index (κ2) is 7.34. The van der Waals surface area contributed by atoms with Crippen molar-refractivity contribution in [3.05, 3.63) is 57.1 Å². The highest BCUT2D eigenvalue weighted by molar-refractivity contribution is 7.89. The van der Waals surface area contributed by atoms with Gasteiger partial charge in [0, 0.05) is 37.8 Å². The van der Waals surface area contributed by atoms with Crippen LogP contribution in [0.4, 0.5) is 17.1 Å². The third kappa shape index (κ3) is 4.00. The topological polar surface area (TPSA) is 110 Å². The van der Waals surface area contributed by atoms with Gasteiger partial charge in [0.15, 0.2) is 0 Å². The Morgan fingerprint density at radius 3 is 2.19 bits per heavy atom. The van der Waals surface area contributed by atoms with Crippen LogP contribution in [0.2, 0.25) is 5.02 Å². The summed E-state index contributed by atoms with van der Waals surface area (Å²) in [6.07, 6.45) is 0. The van der Waals surface area contributed by atoms with Crippen LogP contribution in [0.5, 0.6) is 0 Å². The maximum absolute atomic E-state index is 11.8. The van der Waals surface area contributed by atoms with Gasteiger partial charge in [-0.1, -0.05) is 23.7 Å². The number of para-hydroxylation sites is 1. The molecule has 0 atom stereocenters. The standard InChI is InChI=1S/C17H19ClN4O4S/c1-12-10-16(13(18)11-15(12)22(23)24)21-8-6-20(7-9-21)14-4-2-3-5-17(14)27(19,25)26/h2-5,10-11H,6-9H2,1H3,(H2,19,25,26). The number of hydrogen-bond acceptors (Lipinski definition) is 6. The monoisotopic (exact) mass is 410 g/mol. The van der Waals surface area contributed by atoms with E-state index >= 15 is 0 Å². The van der Waals surface area contributed by atoms with E-state index in [2.05, 4.69) is 0 Å². The Labute approximate surface area is 162 Å². The molecule has 10 heteroatoms. The van der Waals surface area contributed by atoms with Crippen LogP contribution in [0.1, 0.15) is 5.56 Å². The SMILES string of the molecule is Cc1cc(N2CCN(c3ccccc3S(N)(=O)=O)CC2)c(Cl)cc1[N+](=O)[O-]. The molecular formula is C17H19ClN4O4S. The third-order valence-corrected chi connectivity index (χ3v) is 5.86. The maximum atomic E-state index is 11.8. The minimum atomic E-state index is -3.81. The van der Waals surface area contributed by atoms with Crippen molar-refractivity contribution in [3.8, 4) is 0 Å². The first-order chi connectivity index (χ1) is 12.7. The fourth-order valence-electron chi connectivity index (χ4n) is 3.24. The Kier molecular flexibility index (Phi) is 5.27. The van der Waals surface area contributed by atoms with Crippen LogP contribution in [0.15, 0.2) is 41.3 Å². The van der Waals surface area contributed by atoms with Crippen molar-refractivity contribution < 1.29 is 13.3 Å². The smallest absolute Gasteiger partial charge is 0.273 e. The second-order valence-corrected chi connectivity index (χ2v) is 8.27. The van der Waals surface area contributed by atoms with E-state index in [-0.39, 0.29) is 10.6 Å². The summed E-state index contributed by atoms with van der Waals surface area (Å²) in [5.41, 5.74) is 1.84. The summed E-state index contributed by atoms with van der Waals surface area (Å²) in [6.45, 7) is 4.00. The van der Waals surface area contributed by atoms with Gasteiger partial charge in [-0.25, -0.2) is 13.6 Å². The van der Waals surface area contributed by atoms with Gasteiger partial charge >= 0.3 is 0 Å². The molecule has 0 spiro atoms. The quantitative estimate of drug-likeness (QED) is 0.612. The van der Waals surface area contributed by atoms with Crippen LogP contribution < -0.4 is 14.9 Å². The number of nitro groups is 1. The molecule has 0 bridgehead atoms. The zero-order chi connectivity index (χ0) is 19.8. The number of aryl methyl sites for hydroxylation is 1. The first-order valence-corrected chi connectivity index (χ1v) is 10.2. The molecule has 0 radical (unpaired) electrons. The summed E-state index contributed by atoms with van der Waals surface area (Å²) in [5.74, 6) is 0. The lowest BCUT2D eigenvalue weighted by molar-refractivity contribution is -0.385. The molecule has 2 aromatic rings. The summed E-state index contributed by atoms with van der Waals surface area (Å²) < 4.78 is 23.6. The molecule has 0 amide bonds. The Bertz CT molecular complexity index is 988. The minimum Gasteiger partial charge on any atom is -0.367 e. The van der Waals surface area contributed by atoms with Crippen LogP contribution >= 0.6 is 11.6 Å². The number of halogens is 1. The zero-order valence-electron chi connectivity index (χ0n) is 14.6. The van der Waals surface area contributed by atoms with E-state index in [1.165, 1.54) is 12.1 Å². The van der Waals surface area contributed by atoms with Crippen molar-refractivity contribution in [1.29, 1.82) is 0 Å². The summed E-state index contributed by atoms with van der Waals surface area (Å²) >= 11 is 6.26. The normalized spacial score (nSPS) is 15.1. The predicted octanol–water partition coefficient (Wildman–Crippen LogP) is 2.53. The first-order valence-electron chi connectivity index (χ1n) is 8.25. The number of nitrogens with zero attached hydrogens (tertiary/aromatic N) is 3. The summed E-state index contributed by atoms with van der Waals surface area (Å²) in [4.78, 5) is 14.7. The summed E-state index contributed by atoms with van der Waals surface area (Å²) in [6, 6.07) is 9.72. The van der Waals surface area contributed by atoms with E-state index in [1.807, 2.05) is 9.80 Å². The number of hydrogen-bond donors (Lipinski definition) is 1. The van der Waals surface area contributed by atoms with Gasteiger partial charge in [-0.3, -0.25) is 10.1 Å². The molecule has 1 fully saturated rings. The molecule has 1 aliphatic heterocycles. The number of piperazine rings is 1. The van der Waals surface area contributed by atoms with E-state index in [4.69, 9.17) is 16.7 Å². The van der Waals surface area contributed by atoms with Gasteiger partial charge in [-0.2, -0.15) is 0 Å². The average molecular weight is 411 g/mol. The number of benzene rings is 2. The Morgan fingerprint density at radius 1 is 1.07 bits per heavy atom. The minimum absolute atomic E-state index is 0.00975. The van der Waals surface area contributed by atoms with Gasteiger partial charge in [0.2, 0.25) is 10.0 Å². The van der Waals surface area contributed by atoms with Crippen LogP contribution in [-0.2, 0) is 10.0 Å². The molecule has 2 N–H and O–H groups in total. The van der Waals surface area contributed by atoms with Crippen molar-refractivity contribution in [2.45, 2.75) is 11.8 Å². The Morgan fingerprint density at radius 2 is 1.63 bits per heavy atom. The van der Waals surface area contributed by atoms with Gasteiger partial charge < -0.3 is 9.80 Å². The third-order valence-electron chi connectivity index (χ3n) is 4.59. The zero-order valence-corrected chi connectivity index (χ0v) is 16.2. The number of anilines is 2. The van der Waals surface area contributed by atoms with Gasteiger partial charge in [0.25, 0.3) is 5.69 Å². The fraction of sp³-hybridized carbons (Fsp3) is 0.294. The molecule has 1 saturated heterocycles. The van der Waals surface area contributed by atoms with Gasteiger partial charge in [-0.05, 0) is 25.1 Å². The first kappa shape index (κ1) is 19.4. The van der Waals surface area contributed by atoms with Crippen LogP contribution in [-0.4, -0.2) is 39.5 Å². The molecule has 8 nitrogen and oxygen atoms in total. The molecule has 1 aliphatic rings. The van der Waals surface area contributed by atoms with Crippen LogP contribution in [0.3, 0.4) is 0 Å². The van der Waals surface area contributed by atoms with Crippen molar-refractivity contribution in [3.63, 3.8) is 0 Å². The lowest BCUT2D eigenvalue weighted by Gasteiger charge is -2.38. The lowest BCUT2D eigenvalue weighted by atomic mass is 10.1. The molecule has 0 aromatic heterocycles. The predicted molar refractivity (Wildman–Crippen MR) is 105 cm³/mol. The van der Waals surface area contributed by atoms with E-state index < -0.39 is 14.9 Å². The van der Waals surface area contributed by atoms with Crippen molar-refractivity contribution >= 4 is 38.7 Å². The molecule has 1 heterocycles. The second-order valence-electron chi connectivity index (χ2n) is 6.33. The van der Waals surface area contributed by atoms with Crippen molar-refractivity contribution in [2.75, 3.05) is 36.0 Å². The number of rotatable bonds is 4. The molecule has 0 aliphatic carbocycles. The lowest BCUT2D eigenvalue weighted by Crippen LogP contribution is -2.47. The summed E-state index contributed by atoms with van der Waals surface area (Å²) in [7, 11) is -3.81. The largest absolute Gasteiger partial charge is 0.367 e. The molecule has 27 heavy (non-hydrogen) atoms. The van der Waals surface area contributed by atoms with Gasteiger partial charge in [-0.15, -0.1) is 0 Å². The summed E-state index contributed by atoms with van der Waals surface area (Å²) in [5, 5.41) is 16.7. The molecular weight excluding hydrogens is 392 g/mol. The van der Waals surface area contributed by atoms with Gasteiger partial charge in [0.1, 0.15) is 4.90 Å². The van der Waals surface area contributed by atoms with Crippen LogP contribution in [0.25, 0.3) is 0 Å². The molecule has 144 valence electrons. The highest BCUT2D eigenvalue weighted by atomic mass is 35.5. The van der Waals surface area contributed by atoms with Crippen molar-refractivity contribution in [1.82, 2.24) is 0 Å².